The van der Waals surface area contributed by atoms with Crippen molar-refractivity contribution in [2.24, 2.45) is 5.92 Å². The van der Waals surface area contributed by atoms with Crippen molar-refractivity contribution in [3.8, 4) is 0 Å². The van der Waals surface area contributed by atoms with Crippen molar-refractivity contribution in [1.82, 2.24) is 4.90 Å². The molecular formula is C12H16BrNO2S. The summed E-state index contributed by atoms with van der Waals surface area (Å²) >= 11 is 5.32. The first kappa shape index (κ1) is 13.1. The van der Waals surface area contributed by atoms with Crippen LogP contribution in [0.25, 0.3) is 0 Å². The molecular weight excluding hydrogens is 302 g/mol. The molecule has 1 aromatic rings. The molecule has 0 radical (unpaired) electrons. The maximum Gasteiger partial charge on any atom is 0.303 e. The van der Waals surface area contributed by atoms with Gasteiger partial charge in [-0.15, -0.1) is 11.3 Å². The Labute approximate surface area is 114 Å². The number of aliphatic carboxylic acids is 1. The lowest BCUT2D eigenvalue weighted by atomic mass is 10.0. The Bertz CT molecular complexity index is 394. The number of hydrogen-bond donors (Lipinski definition) is 1. The highest BCUT2D eigenvalue weighted by Crippen LogP contribution is 2.28. The average Bonchev–Trinajstić information content (AvgIpc) is 2.87. The first-order chi connectivity index (χ1) is 8.15. The molecule has 0 bridgehead atoms. The summed E-state index contributed by atoms with van der Waals surface area (Å²) in [6, 6.07) is 2.08. The number of nitrogens with zero attached hydrogens (tertiary/aromatic N) is 1. The Morgan fingerprint density at radius 1 is 1.65 bits per heavy atom. The van der Waals surface area contributed by atoms with Crippen molar-refractivity contribution in [3.63, 3.8) is 0 Å². The van der Waals surface area contributed by atoms with Crippen LogP contribution in [0.3, 0.4) is 0 Å². The van der Waals surface area contributed by atoms with Gasteiger partial charge in [-0.1, -0.05) is 0 Å². The molecule has 0 aromatic carbocycles. The molecule has 1 atom stereocenters. The molecule has 1 N–H and O–H groups in total. The first-order valence-electron chi connectivity index (χ1n) is 5.81. The summed E-state index contributed by atoms with van der Waals surface area (Å²) in [7, 11) is 0. The minimum atomic E-state index is -0.676. The lowest BCUT2D eigenvalue weighted by Gasteiger charge is -2.15. The lowest BCUT2D eigenvalue weighted by Crippen LogP contribution is -2.19. The second-order valence-corrected chi connectivity index (χ2v) is 6.37. The molecule has 0 amide bonds. The van der Waals surface area contributed by atoms with Crippen molar-refractivity contribution in [2.75, 3.05) is 13.1 Å². The molecule has 2 rings (SSSR count). The zero-order valence-corrected chi connectivity index (χ0v) is 12.0. The molecule has 1 aliphatic rings. The normalized spacial score (nSPS) is 20.9. The van der Waals surface area contributed by atoms with Crippen LogP contribution in [0.1, 0.15) is 24.1 Å². The molecule has 1 unspecified atom stereocenters. The lowest BCUT2D eigenvalue weighted by molar-refractivity contribution is -0.137. The molecule has 0 spiro atoms. The van der Waals surface area contributed by atoms with Crippen molar-refractivity contribution in [1.29, 1.82) is 0 Å². The molecule has 5 heteroatoms. The van der Waals surface area contributed by atoms with Crippen LogP contribution in [-0.2, 0) is 11.3 Å². The first-order valence-corrected chi connectivity index (χ1v) is 7.48. The van der Waals surface area contributed by atoms with E-state index in [9.17, 15) is 4.79 Å². The Hall–Kier alpha value is -0.390. The van der Waals surface area contributed by atoms with Crippen LogP contribution in [0.2, 0.25) is 0 Å². The predicted molar refractivity (Wildman–Crippen MR) is 72.3 cm³/mol. The molecule has 1 aromatic heterocycles. The topological polar surface area (TPSA) is 40.5 Å². The monoisotopic (exact) mass is 317 g/mol. The number of likely N-dealkylation sites (tertiary alicyclic amines) is 1. The van der Waals surface area contributed by atoms with Gasteiger partial charge in [0.05, 0.1) is 0 Å². The molecule has 3 nitrogen and oxygen atoms in total. The number of hydrogen-bond acceptors (Lipinski definition) is 3. The van der Waals surface area contributed by atoms with Crippen LogP contribution in [0, 0.1) is 5.92 Å². The van der Waals surface area contributed by atoms with E-state index in [0.29, 0.717) is 12.3 Å². The predicted octanol–water partition coefficient (Wildman–Crippen LogP) is 3.20. The molecule has 17 heavy (non-hydrogen) atoms. The van der Waals surface area contributed by atoms with Gasteiger partial charge in [0, 0.05) is 28.9 Å². The van der Waals surface area contributed by atoms with Gasteiger partial charge in [0.25, 0.3) is 0 Å². The highest BCUT2D eigenvalue weighted by Gasteiger charge is 2.23. The van der Waals surface area contributed by atoms with Crippen LogP contribution < -0.4 is 0 Å². The zero-order valence-electron chi connectivity index (χ0n) is 9.56. The molecule has 2 heterocycles. The smallest absolute Gasteiger partial charge is 0.303 e. The van der Waals surface area contributed by atoms with E-state index in [1.165, 1.54) is 9.35 Å². The zero-order chi connectivity index (χ0) is 12.3. The van der Waals surface area contributed by atoms with Crippen LogP contribution in [0.5, 0.6) is 0 Å². The maximum absolute atomic E-state index is 10.5. The Kier molecular flexibility index (Phi) is 4.59. The van der Waals surface area contributed by atoms with Gasteiger partial charge in [-0.3, -0.25) is 9.69 Å². The van der Waals surface area contributed by atoms with Crippen LogP contribution >= 0.6 is 27.3 Å². The fourth-order valence-electron chi connectivity index (χ4n) is 2.26. The van der Waals surface area contributed by atoms with Gasteiger partial charge < -0.3 is 5.11 Å². The summed E-state index contributed by atoms with van der Waals surface area (Å²) in [4.78, 5) is 14.3. The average molecular weight is 318 g/mol. The van der Waals surface area contributed by atoms with Gasteiger partial charge in [-0.2, -0.15) is 0 Å². The number of carboxylic acid groups (broad SMARTS) is 1. The van der Waals surface area contributed by atoms with Crippen molar-refractivity contribution < 1.29 is 9.90 Å². The summed E-state index contributed by atoms with van der Waals surface area (Å²) in [6.45, 7) is 3.12. The van der Waals surface area contributed by atoms with Gasteiger partial charge >= 0.3 is 5.97 Å². The third kappa shape index (κ3) is 3.79. The van der Waals surface area contributed by atoms with Gasteiger partial charge in [-0.05, 0) is 52.7 Å². The van der Waals surface area contributed by atoms with Crippen molar-refractivity contribution in [3.05, 3.63) is 20.8 Å². The molecule has 1 saturated heterocycles. The quantitative estimate of drug-likeness (QED) is 0.906. The number of thiophene rings is 1. The Morgan fingerprint density at radius 3 is 3.12 bits per heavy atom. The number of carbonyl (C=O) groups is 1. The van der Waals surface area contributed by atoms with Crippen LogP contribution in [-0.4, -0.2) is 29.1 Å². The maximum atomic E-state index is 10.5. The Balaban J connectivity index is 1.78. The number of carboxylic acids is 1. The molecule has 94 valence electrons. The van der Waals surface area contributed by atoms with E-state index < -0.39 is 5.97 Å². The molecule has 0 saturated carbocycles. The summed E-state index contributed by atoms with van der Waals surface area (Å²) < 4.78 is 1.19. The fourth-order valence-corrected chi connectivity index (χ4v) is 3.78. The van der Waals surface area contributed by atoms with Gasteiger partial charge in [-0.25, -0.2) is 0 Å². The van der Waals surface area contributed by atoms with Crippen molar-refractivity contribution >= 4 is 33.2 Å². The minimum Gasteiger partial charge on any atom is -0.481 e. The van der Waals surface area contributed by atoms with E-state index in [0.717, 1.165) is 32.5 Å². The standard InChI is InChI=1S/C12H16BrNO2S/c13-10-4-6-17-11(10)8-14-5-3-9(7-14)1-2-12(15)16/h4,6,9H,1-3,5,7-8H2,(H,15,16). The second kappa shape index (κ2) is 5.98. The molecule has 0 aliphatic carbocycles. The Morgan fingerprint density at radius 2 is 2.47 bits per heavy atom. The minimum absolute atomic E-state index is 0.307. The van der Waals surface area contributed by atoms with Crippen LogP contribution in [0.4, 0.5) is 0 Å². The largest absolute Gasteiger partial charge is 0.481 e. The SMILES string of the molecule is O=C(O)CCC1CCN(Cc2sccc2Br)C1. The summed E-state index contributed by atoms with van der Waals surface area (Å²) in [5, 5.41) is 10.8. The number of halogens is 1. The van der Waals surface area contributed by atoms with E-state index in [1.54, 1.807) is 11.3 Å². The third-order valence-electron chi connectivity index (χ3n) is 3.19. The van der Waals surface area contributed by atoms with E-state index in [1.807, 2.05) is 0 Å². The highest BCUT2D eigenvalue weighted by molar-refractivity contribution is 9.10. The molecule has 1 fully saturated rings. The van der Waals surface area contributed by atoms with E-state index >= 15 is 0 Å². The third-order valence-corrected chi connectivity index (χ3v) is 5.11. The van der Waals surface area contributed by atoms with Gasteiger partial charge in [0.15, 0.2) is 0 Å². The van der Waals surface area contributed by atoms with Gasteiger partial charge in [0.2, 0.25) is 0 Å². The van der Waals surface area contributed by atoms with Gasteiger partial charge in [0.1, 0.15) is 0 Å². The van der Waals surface area contributed by atoms with Crippen molar-refractivity contribution in [2.45, 2.75) is 25.8 Å². The fraction of sp³-hybridized carbons (Fsp3) is 0.583. The summed E-state index contributed by atoms with van der Waals surface area (Å²) in [5.41, 5.74) is 0. The second-order valence-electron chi connectivity index (χ2n) is 4.51. The van der Waals surface area contributed by atoms with E-state index in [-0.39, 0.29) is 0 Å². The van der Waals surface area contributed by atoms with Crippen LogP contribution in [0.15, 0.2) is 15.9 Å². The summed E-state index contributed by atoms with van der Waals surface area (Å²) in [6.07, 6.45) is 2.26. The van der Waals surface area contributed by atoms with E-state index in [2.05, 4.69) is 32.3 Å². The highest BCUT2D eigenvalue weighted by atomic mass is 79.9. The molecule has 1 aliphatic heterocycles. The van der Waals surface area contributed by atoms with E-state index in [4.69, 9.17) is 5.11 Å². The number of rotatable bonds is 5. The summed E-state index contributed by atoms with van der Waals surface area (Å²) in [5.74, 6) is -0.116.